The van der Waals surface area contributed by atoms with Crippen molar-refractivity contribution in [2.45, 2.75) is 37.3 Å². The molecule has 0 aliphatic heterocycles. The largest absolute Gasteiger partial charge is 0.491 e. The number of hydrogen-bond acceptors (Lipinski definition) is 6. The highest BCUT2D eigenvalue weighted by Gasteiger charge is 2.12. The van der Waals surface area contributed by atoms with Gasteiger partial charge in [-0.3, -0.25) is 0 Å². The van der Waals surface area contributed by atoms with Crippen molar-refractivity contribution in [1.29, 1.82) is 0 Å². The lowest BCUT2D eigenvalue weighted by Crippen LogP contribution is -2.22. The van der Waals surface area contributed by atoms with E-state index in [-0.39, 0.29) is 6.10 Å². The van der Waals surface area contributed by atoms with E-state index in [1.54, 1.807) is 28.6 Å². The van der Waals surface area contributed by atoms with Crippen LogP contribution in [0.25, 0.3) is 0 Å². The molecular weight excluding hydrogens is 302 g/mol. The van der Waals surface area contributed by atoms with Crippen molar-refractivity contribution in [3.8, 4) is 5.75 Å². The molecule has 1 unspecified atom stereocenters. The lowest BCUT2D eigenvalue weighted by Gasteiger charge is -2.18. The summed E-state index contributed by atoms with van der Waals surface area (Å²) in [6.45, 7) is 7.13. The standard InChI is InChI=1S/C15H21N3OS2/c1-4-16-14(9-20-15-18-17-10-21-15)12-5-7-13(8-6-12)19-11(2)3/h5-8,10-11,14,16H,4,9H2,1-3H3. The van der Waals surface area contributed by atoms with Crippen molar-refractivity contribution >= 4 is 23.1 Å². The van der Waals surface area contributed by atoms with Crippen molar-refractivity contribution < 1.29 is 4.74 Å². The van der Waals surface area contributed by atoms with Gasteiger partial charge in [-0.05, 0) is 38.1 Å². The molecule has 0 saturated carbocycles. The molecule has 0 aliphatic carbocycles. The summed E-state index contributed by atoms with van der Waals surface area (Å²) >= 11 is 3.32. The maximum atomic E-state index is 5.69. The van der Waals surface area contributed by atoms with Gasteiger partial charge in [0.2, 0.25) is 0 Å². The number of nitrogens with zero attached hydrogens (tertiary/aromatic N) is 2. The second kappa shape index (κ2) is 8.36. The Hall–Kier alpha value is -1.11. The second-order valence-electron chi connectivity index (χ2n) is 4.86. The zero-order chi connectivity index (χ0) is 15.1. The molecule has 1 heterocycles. The monoisotopic (exact) mass is 323 g/mol. The van der Waals surface area contributed by atoms with E-state index in [0.29, 0.717) is 6.04 Å². The van der Waals surface area contributed by atoms with E-state index >= 15 is 0 Å². The Kier molecular flexibility index (Phi) is 6.48. The third-order valence-corrected chi connectivity index (χ3v) is 4.77. The normalized spacial score (nSPS) is 12.6. The number of hydrogen-bond donors (Lipinski definition) is 1. The summed E-state index contributed by atoms with van der Waals surface area (Å²) in [4.78, 5) is 0. The average Bonchev–Trinajstić information content (AvgIpc) is 2.97. The first kappa shape index (κ1) is 16.3. The van der Waals surface area contributed by atoms with Crippen LogP contribution in [0.4, 0.5) is 0 Å². The van der Waals surface area contributed by atoms with Crippen LogP contribution in [0.2, 0.25) is 0 Å². The van der Waals surface area contributed by atoms with Crippen molar-refractivity contribution in [3.63, 3.8) is 0 Å². The molecule has 0 bridgehead atoms. The summed E-state index contributed by atoms with van der Waals surface area (Å²) in [7, 11) is 0. The number of benzene rings is 1. The van der Waals surface area contributed by atoms with Gasteiger partial charge >= 0.3 is 0 Å². The molecule has 0 radical (unpaired) electrons. The van der Waals surface area contributed by atoms with Crippen LogP contribution in [0.3, 0.4) is 0 Å². The van der Waals surface area contributed by atoms with Gasteiger partial charge < -0.3 is 10.1 Å². The van der Waals surface area contributed by atoms with Gasteiger partial charge in [-0.1, -0.05) is 42.2 Å². The van der Waals surface area contributed by atoms with E-state index < -0.39 is 0 Å². The fraction of sp³-hybridized carbons (Fsp3) is 0.467. The third kappa shape index (κ3) is 5.30. The Morgan fingerprint density at radius 2 is 2.05 bits per heavy atom. The molecule has 1 atom stereocenters. The zero-order valence-corrected chi connectivity index (χ0v) is 14.2. The van der Waals surface area contributed by atoms with Crippen LogP contribution in [0.1, 0.15) is 32.4 Å². The molecule has 0 fully saturated rings. The summed E-state index contributed by atoms with van der Waals surface area (Å²) in [6, 6.07) is 8.64. The molecule has 0 spiro atoms. The first-order chi connectivity index (χ1) is 10.2. The van der Waals surface area contributed by atoms with Gasteiger partial charge in [0.25, 0.3) is 0 Å². The fourth-order valence-corrected chi connectivity index (χ4v) is 3.56. The Labute approximate surface area is 134 Å². The average molecular weight is 323 g/mol. The van der Waals surface area contributed by atoms with Crippen molar-refractivity contribution in [1.82, 2.24) is 15.5 Å². The van der Waals surface area contributed by atoms with Gasteiger partial charge in [-0.15, -0.1) is 10.2 Å². The molecule has 1 aromatic carbocycles. The van der Waals surface area contributed by atoms with E-state index in [4.69, 9.17) is 4.74 Å². The molecular formula is C15H21N3OS2. The van der Waals surface area contributed by atoms with Crippen LogP contribution in [0.15, 0.2) is 34.1 Å². The van der Waals surface area contributed by atoms with Crippen LogP contribution in [-0.4, -0.2) is 28.6 Å². The molecule has 0 saturated heterocycles. The topological polar surface area (TPSA) is 47.0 Å². The Balaban J connectivity index is 1.99. The van der Waals surface area contributed by atoms with Crippen LogP contribution >= 0.6 is 23.1 Å². The van der Waals surface area contributed by atoms with Crippen LogP contribution < -0.4 is 10.1 Å². The number of ether oxygens (including phenoxy) is 1. The highest BCUT2D eigenvalue weighted by Crippen LogP contribution is 2.26. The smallest absolute Gasteiger partial charge is 0.174 e. The lowest BCUT2D eigenvalue weighted by molar-refractivity contribution is 0.242. The van der Waals surface area contributed by atoms with Gasteiger partial charge in [0.15, 0.2) is 4.34 Å². The molecule has 21 heavy (non-hydrogen) atoms. The van der Waals surface area contributed by atoms with Crippen molar-refractivity contribution in [2.75, 3.05) is 12.3 Å². The van der Waals surface area contributed by atoms with E-state index in [9.17, 15) is 0 Å². The molecule has 4 nitrogen and oxygen atoms in total. The third-order valence-electron chi connectivity index (χ3n) is 2.82. The van der Waals surface area contributed by atoms with Crippen molar-refractivity contribution in [3.05, 3.63) is 35.3 Å². The molecule has 2 rings (SSSR count). The van der Waals surface area contributed by atoms with Crippen molar-refractivity contribution in [2.24, 2.45) is 0 Å². The van der Waals surface area contributed by atoms with E-state index in [1.165, 1.54) is 5.56 Å². The quantitative estimate of drug-likeness (QED) is 0.749. The van der Waals surface area contributed by atoms with E-state index in [2.05, 4.69) is 34.6 Å². The molecule has 114 valence electrons. The van der Waals surface area contributed by atoms with Crippen LogP contribution in [-0.2, 0) is 0 Å². The minimum Gasteiger partial charge on any atom is -0.491 e. The van der Waals surface area contributed by atoms with Crippen LogP contribution in [0, 0.1) is 0 Å². The summed E-state index contributed by atoms with van der Waals surface area (Å²) < 4.78 is 6.70. The molecule has 0 amide bonds. The second-order valence-corrected chi connectivity index (χ2v) is 6.96. The minimum atomic E-state index is 0.202. The summed E-state index contributed by atoms with van der Waals surface area (Å²) in [6.07, 6.45) is 0.202. The number of nitrogens with one attached hydrogen (secondary N) is 1. The molecule has 0 aliphatic rings. The number of rotatable bonds is 8. The predicted molar refractivity (Wildman–Crippen MR) is 89.3 cm³/mol. The highest BCUT2D eigenvalue weighted by molar-refractivity contribution is 8.01. The summed E-state index contributed by atoms with van der Waals surface area (Å²) in [5.74, 6) is 1.86. The van der Waals surface area contributed by atoms with E-state index in [1.807, 2.05) is 26.0 Å². The number of aromatic nitrogens is 2. The SMILES string of the molecule is CCNC(CSc1nncs1)c1ccc(OC(C)C)cc1. The van der Waals surface area contributed by atoms with Gasteiger partial charge in [0.1, 0.15) is 11.3 Å². The lowest BCUT2D eigenvalue weighted by atomic mass is 10.1. The van der Waals surface area contributed by atoms with Gasteiger partial charge in [0, 0.05) is 11.8 Å². The molecule has 1 N–H and O–H groups in total. The Bertz CT molecular complexity index is 514. The summed E-state index contributed by atoms with van der Waals surface area (Å²) in [5, 5.41) is 11.5. The first-order valence-corrected chi connectivity index (χ1v) is 8.94. The highest BCUT2D eigenvalue weighted by atomic mass is 32.2. The predicted octanol–water partition coefficient (Wildman–Crippen LogP) is 3.77. The van der Waals surface area contributed by atoms with Crippen LogP contribution in [0.5, 0.6) is 5.75 Å². The molecule has 6 heteroatoms. The number of thioether (sulfide) groups is 1. The minimum absolute atomic E-state index is 0.202. The van der Waals surface area contributed by atoms with Gasteiger partial charge in [-0.2, -0.15) is 0 Å². The fourth-order valence-electron chi connectivity index (χ4n) is 1.95. The molecule has 1 aromatic heterocycles. The maximum absolute atomic E-state index is 5.69. The van der Waals surface area contributed by atoms with E-state index in [0.717, 1.165) is 22.4 Å². The van der Waals surface area contributed by atoms with Gasteiger partial charge in [0.05, 0.1) is 6.10 Å². The Morgan fingerprint density at radius 1 is 1.29 bits per heavy atom. The Morgan fingerprint density at radius 3 is 2.62 bits per heavy atom. The summed E-state index contributed by atoms with van der Waals surface area (Å²) in [5.41, 5.74) is 3.03. The van der Waals surface area contributed by atoms with Gasteiger partial charge in [-0.25, -0.2) is 0 Å². The zero-order valence-electron chi connectivity index (χ0n) is 12.6. The maximum Gasteiger partial charge on any atom is 0.174 e. The first-order valence-electron chi connectivity index (χ1n) is 7.08. The molecule has 2 aromatic rings.